The summed E-state index contributed by atoms with van der Waals surface area (Å²) in [7, 11) is -5.65. The minimum atomic E-state index is -5.65. The van der Waals surface area contributed by atoms with Crippen LogP contribution in [0.25, 0.3) is 0 Å². The quantitative estimate of drug-likeness (QED) is 0.722. The molecule has 0 aromatic rings. The van der Waals surface area contributed by atoms with Gasteiger partial charge in [0.25, 0.3) is 0 Å². The van der Waals surface area contributed by atoms with E-state index in [9.17, 15) is 26.3 Å². The number of alkyl halides is 6. The summed E-state index contributed by atoms with van der Waals surface area (Å²) in [5, 5.41) is 0. The molecule has 0 aliphatic heterocycles. The van der Waals surface area contributed by atoms with Gasteiger partial charge in [0.15, 0.2) is 17.5 Å². The molecule has 13 heavy (non-hydrogen) atoms. The second-order valence-corrected chi connectivity index (χ2v) is 3.51. The third kappa shape index (κ3) is 4.55. The molecule has 10 heteroatoms. The van der Waals surface area contributed by atoms with Crippen LogP contribution in [0.5, 0.6) is 0 Å². The summed E-state index contributed by atoms with van der Waals surface area (Å²) >= 11 is 0. The van der Waals surface area contributed by atoms with Crippen LogP contribution in [-0.4, -0.2) is 27.4 Å². The molecule has 0 unspecified atom stereocenters. The van der Waals surface area contributed by atoms with Crippen molar-refractivity contribution in [1.29, 1.82) is 0 Å². The van der Waals surface area contributed by atoms with Gasteiger partial charge in [-0.25, -0.2) is 0 Å². The van der Waals surface area contributed by atoms with Crippen LogP contribution in [0.1, 0.15) is 0 Å². The summed E-state index contributed by atoms with van der Waals surface area (Å²) in [5.74, 6) is 0. The Labute approximate surface area is 69.9 Å². The van der Waals surface area contributed by atoms with Crippen molar-refractivity contribution in [3.63, 3.8) is 0 Å². The van der Waals surface area contributed by atoms with Crippen molar-refractivity contribution in [2.24, 2.45) is 0 Å². The van der Waals surface area contributed by atoms with Gasteiger partial charge in [0.2, 0.25) is 0 Å². The van der Waals surface area contributed by atoms with E-state index >= 15 is 0 Å². The lowest BCUT2D eigenvalue weighted by Gasteiger charge is -2.28. The van der Waals surface area contributed by atoms with Crippen LogP contribution in [-0.2, 0) is 4.18 Å². The highest BCUT2D eigenvalue weighted by atomic mass is 32.3. The van der Waals surface area contributed by atoms with Gasteiger partial charge in [0, 0.05) is 0 Å². The van der Waals surface area contributed by atoms with Gasteiger partial charge in [-0.2, -0.15) is 26.3 Å². The minimum absolute atomic E-state index is 2.37. The predicted octanol–water partition coefficient (Wildman–Crippen LogP) is 2.75. The first-order chi connectivity index (χ1) is 5.46. The zero-order valence-corrected chi connectivity index (χ0v) is 6.50. The first kappa shape index (κ1) is 12.8. The highest BCUT2D eigenvalue weighted by Gasteiger charge is 2.52. The Kier molecular flexibility index (Phi) is 3.47. The van der Waals surface area contributed by atoms with E-state index in [4.69, 9.17) is 9.11 Å². The first-order valence-electron chi connectivity index (χ1n) is 2.51. The van der Waals surface area contributed by atoms with E-state index in [1.54, 1.807) is 0 Å². The number of halogens is 6. The molecule has 0 aromatic heterocycles. The molecule has 0 fully saturated rings. The summed E-state index contributed by atoms with van der Waals surface area (Å²) in [5.41, 5.74) is -5.61. The molecule has 0 heterocycles. The van der Waals surface area contributed by atoms with E-state index in [1.165, 1.54) is 0 Å². The molecule has 0 rings (SSSR count). The number of rotatable bonds is 2. The monoisotopic (exact) mass is 234 g/mol. The van der Waals surface area contributed by atoms with E-state index in [0.29, 0.717) is 0 Å². The Morgan fingerprint density at radius 3 is 1.62 bits per heavy atom. The van der Waals surface area contributed by atoms with Crippen LogP contribution < -0.4 is 0 Å². The molecule has 0 aromatic carbocycles. The molecular weight excluding hydrogens is 230 g/mol. The molecule has 3 nitrogen and oxygen atoms in total. The van der Waals surface area contributed by atoms with Gasteiger partial charge in [-0.3, -0.25) is 4.18 Å². The lowest BCUT2D eigenvalue weighted by molar-refractivity contribution is -0.159. The van der Waals surface area contributed by atoms with Gasteiger partial charge in [-0.15, -0.1) is 0 Å². The first-order valence-corrected chi connectivity index (χ1v) is 3.98. The fraction of sp³-hybridized carbons (Fsp3) is 1.00. The molecule has 2 N–H and O–H groups in total. The lowest BCUT2D eigenvalue weighted by Crippen LogP contribution is -2.26. The van der Waals surface area contributed by atoms with Gasteiger partial charge >= 0.3 is 11.7 Å². The van der Waals surface area contributed by atoms with Crippen LogP contribution in [0.15, 0.2) is 0 Å². The smallest absolute Gasteiger partial charge is 0.301 e. The Balaban J connectivity index is 4.21. The summed E-state index contributed by atoms with van der Waals surface area (Å²) in [6.07, 6.45) is -5.05. The van der Waals surface area contributed by atoms with Crippen LogP contribution in [0.3, 0.4) is 0 Å². The topological polar surface area (TPSA) is 49.7 Å². The van der Waals surface area contributed by atoms with Crippen LogP contribution >= 0.6 is 10.9 Å². The van der Waals surface area contributed by atoms with E-state index in [0.717, 1.165) is 0 Å². The number of hydrogen-bond acceptors (Lipinski definition) is 3. The maximum atomic E-state index is 11.5. The molecular formula is C3H4F6O3S. The summed E-state index contributed by atoms with van der Waals surface area (Å²) in [6, 6.07) is 0. The minimum Gasteiger partial charge on any atom is -0.301 e. The molecule has 0 amide bonds. The maximum Gasteiger partial charge on any atom is 0.493 e. The summed E-state index contributed by atoms with van der Waals surface area (Å²) in [6.45, 7) is -2.37. The molecule has 0 aliphatic rings. The Bertz CT molecular complexity index is 173. The van der Waals surface area contributed by atoms with E-state index in [2.05, 4.69) is 4.18 Å². The van der Waals surface area contributed by atoms with E-state index < -0.39 is 29.2 Å². The Hall–Kier alpha value is -0.190. The second-order valence-electron chi connectivity index (χ2n) is 1.82. The normalized spacial score (nSPS) is 16.0. The summed E-state index contributed by atoms with van der Waals surface area (Å²) < 4.78 is 87.1. The van der Waals surface area contributed by atoms with E-state index in [-0.39, 0.29) is 0 Å². The van der Waals surface area contributed by atoms with Crippen LogP contribution in [0, 0.1) is 0 Å². The van der Waals surface area contributed by atoms with E-state index in [1.807, 2.05) is 0 Å². The van der Waals surface area contributed by atoms with Gasteiger partial charge in [0.05, 0.1) is 0 Å². The maximum absolute atomic E-state index is 11.5. The highest BCUT2D eigenvalue weighted by molar-refractivity contribution is 8.20. The van der Waals surface area contributed by atoms with Gasteiger partial charge in [0.1, 0.15) is 0 Å². The van der Waals surface area contributed by atoms with Crippen molar-refractivity contribution in [3.05, 3.63) is 0 Å². The van der Waals surface area contributed by atoms with Crippen molar-refractivity contribution in [2.75, 3.05) is 6.61 Å². The molecule has 0 saturated heterocycles. The standard InChI is InChI=1S/C3H4F6O3S/c4-2(5,6)1-12-13(10,11)3(7,8)9/h10-11H,1H2. The van der Waals surface area contributed by atoms with Crippen LogP contribution in [0.2, 0.25) is 0 Å². The molecule has 0 radical (unpaired) electrons. The fourth-order valence-corrected chi connectivity index (χ4v) is 0.647. The molecule has 0 saturated carbocycles. The van der Waals surface area contributed by atoms with Crippen molar-refractivity contribution in [1.82, 2.24) is 0 Å². The predicted molar refractivity (Wildman–Crippen MR) is 30.9 cm³/mol. The average Bonchev–Trinajstić information content (AvgIpc) is 1.79. The van der Waals surface area contributed by atoms with Gasteiger partial charge in [-0.1, -0.05) is 0 Å². The molecule has 0 spiro atoms. The average molecular weight is 234 g/mol. The van der Waals surface area contributed by atoms with Crippen molar-refractivity contribution >= 4 is 10.9 Å². The van der Waals surface area contributed by atoms with Gasteiger partial charge in [-0.05, 0) is 0 Å². The molecule has 0 bridgehead atoms. The zero-order chi connectivity index (χ0) is 10.9. The Morgan fingerprint density at radius 2 is 1.38 bits per heavy atom. The van der Waals surface area contributed by atoms with Gasteiger partial charge < -0.3 is 9.11 Å². The number of hydrogen-bond donors (Lipinski definition) is 2. The molecule has 0 atom stereocenters. The lowest BCUT2D eigenvalue weighted by atomic mass is 10.7. The molecule has 0 aliphatic carbocycles. The van der Waals surface area contributed by atoms with Crippen LogP contribution in [0.4, 0.5) is 26.3 Å². The third-order valence-electron chi connectivity index (χ3n) is 0.688. The van der Waals surface area contributed by atoms with Crippen molar-refractivity contribution in [3.8, 4) is 0 Å². The summed E-state index contributed by atoms with van der Waals surface area (Å²) in [4.78, 5) is 0. The SMILES string of the molecule is OS(O)(OCC(F)(F)F)C(F)(F)F. The largest absolute Gasteiger partial charge is 0.493 e. The fourth-order valence-electron chi connectivity index (χ4n) is 0.216. The Morgan fingerprint density at radius 1 is 1.00 bits per heavy atom. The highest BCUT2D eigenvalue weighted by Crippen LogP contribution is 2.56. The third-order valence-corrected chi connectivity index (χ3v) is 1.74. The second kappa shape index (κ2) is 3.52. The molecule has 82 valence electrons. The van der Waals surface area contributed by atoms with Crippen molar-refractivity contribution in [2.45, 2.75) is 11.7 Å². The van der Waals surface area contributed by atoms with Crippen molar-refractivity contribution < 1.29 is 39.6 Å². The zero-order valence-electron chi connectivity index (χ0n) is 5.69.